The van der Waals surface area contributed by atoms with E-state index in [1.807, 2.05) is 38.2 Å². The number of primary amides is 1. The molecule has 0 saturated heterocycles. The molecule has 1 unspecified atom stereocenters. The number of hydrogen-bond acceptors (Lipinski definition) is 3. The molecule has 6 nitrogen and oxygen atoms in total. The standard InChI is InChI=1S/C13H20N4O2/c1-9(15-2)10-4-6-11(7-5-10)16-13(19)17(3)8-12(14)18/h4-7,9,15H,8H2,1-3H3,(H2,14,18)(H,16,19). The quantitative estimate of drug-likeness (QED) is 0.739. The summed E-state index contributed by atoms with van der Waals surface area (Å²) in [5.74, 6) is -0.546. The van der Waals surface area contributed by atoms with E-state index in [0.717, 1.165) is 5.56 Å². The maximum absolute atomic E-state index is 11.7. The highest BCUT2D eigenvalue weighted by atomic mass is 16.2. The van der Waals surface area contributed by atoms with E-state index < -0.39 is 5.91 Å². The molecule has 3 amide bonds. The first kappa shape index (κ1) is 15.0. The summed E-state index contributed by atoms with van der Waals surface area (Å²) in [5, 5.41) is 5.82. The topological polar surface area (TPSA) is 87.5 Å². The number of rotatable bonds is 5. The summed E-state index contributed by atoms with van der Waals surface area (Å²) in [6.07, 6.45) is 0. The van der Waals surface area contributed by atoms with E-state index in [4.69, 9.17) is 5.73 Å². The Morgan fingerprint density at radius 3 is 2.37 bits per heavy atom. The Bertz CT molecular complexity index is 444. The summed E-state index contributed by atoms with van der Waals surface area (Å²) in [6, 6.07) is 7.39. The Balaban J connectivity index is 2.62. The maximum atomic E-state index is 11.7. The van der Waals surface area contributed by atoms with Crippen LogP contribution in [0.15, 0.2) is 24.3 Å². The molecule has 6 heteroatoms. The van der Waals surface area contributed by atoms with Gasteiger partial charge >= 0.3 is 6.03 Å². The Kier molecular flexibility index (Phi) is 5.32. The number of anilines is 1. The highest BCUT2D eigenvalue weighted by Crippen LogP contribution is 2.15. The molecule has 0 fully saturated rings. The molecule has 19 heavy (non-hydrogen) atoms. The molecule has 104 valence electrons. The third kappa shape index (κ3) is 4.59. The van der Waals surface area contributed by atoms with Crippen LogP contribution in [0.1, 0.15) is 18.5 Å². The van der Waals surface area contributed by atoms with Gasteiger partial charge in [0.25, 0.3) is 0 Å². The van der Waals surface area contributed by atoms with Crippen LogP contribution in [0.25, 0.3) is 0 Å². The van der Waals surface area contributed by atoms with Gasteiger partial charge in [0, 0.05) is 18.8 Å². The zero-order chi connectivity index (χ0) is 14.4. The van der Waals surface area contributed by atoms with E-state index in [1.54, 1.807) is 0 Å². The minimum absolute atomic E-state index is 0.110. The van der Waals surface area contributed by atoms with Gasteiger partial charge in [0.05, 0.1) is 0 Å². The lowest BCUT2D eigenvalue weighted by atomic mass is 10.1. The average Bonchev–Trinajstić information content (AvgIpc) is 2.37. The molecular formula is C13H20N4O2. The molecule has 1 atom stereocenters. The van der Waals surface area contributed by atoms with Gasteiger partial charge in [0.2, 0.25) is 5.91 Å². The number of nitrogens with one attached hydrogen (secondary N) is 2. The number of nitrogens with two attached hydrogens (primary N) is 1. The third-order valence-corrected chi connectivity index (χ3v) is 2.83. The van der Waals surface area contributed by atoms with Crippen molar-refractivity contribution in [3.63, 3.8) is 0 Å². The molecule has 0 heterocycles. The molecule has 1 aromatic rings. The Morgan fingerprint density at radius 1 is 1.32 bits per heavy atom. The second kappa shape index (κ2) is 6.75. The van der Waals surface area contributed by atoms with E-state index in [1.165, 1.54) is 11.9 Å². The van der Waals surface area contributed by atoms with Gasteiger partial charge in [-0.2, -0.15) is 0 Å². The first-order valence-corrected chi connectivity index (χ1v) is 6.01. The lowest BCUT2D eigenvalue weighted by Crippen LogP contribution is -2.38. The van der Waals surface area contributed by atoms with Crippen LogP contribution in [0.3, 0.4) is 0 Å². The number of carbonyl (C=O) groups is 2. The fraction of sp³-hybridized carbons (Fsp3) is 0.385. The summed E-state index contributed by atoms with van der Waals surface area (Å²) in [4.78, 5) is 23.7. The van der Waals surface area contributed by atoms with Gasteiger partial charge in [-0.05, 0) is 31.7 Å². The molecule has 1 rings (SSSR count). The lowest BCUT2D eigenvalue weighted by molar-refractivity contribution is -0.118. The van der Waals surface area contributed by atoms with Gasteiger partial charge in [0.15, 0.2) is 0 Å². The van der Waals surface area contributed by atoms with Gasteiger partial charge in [0.1, 0.15) is 6.54 Å². The summed E-state index contributed by atoms with van der Waals surface area (Å²) in [7, 11) is 3.40. The molecule has 0 aliphatic carbocycles. The molecular weight excluding hydrogens is 244 g/mol. The minimum atomic E-state index is -0.546. The van der Waals surface area contributed by atoms with Crippen LogP contribution in [-0.2, 0) is 4.79 Å². The van der Waals surface area contributed by atoms with Crippen molar-refractivity contribution in [3.8, 4) is 0 Å². The smallest absolute Gasteiger partial charge is 0.322 e. The van der Waals surface area contributed by atoms with Gasteiger partial charge in [-0.3, -0.25) is 4.79 Å². The van der Waals surface area contributed by atoms with Crippen LogP contribution < -0.4 is 16.4 Å². The van der Waals surface area contributed by atoms with Gasteiger partial charge in [-0.15, -0.1) is 0 Å². The fourth-order valence-corrected chi connectivity index (χ4v) is 1.55. The van der Waals surface area contributed by atoms with Crippen LogP contribution in [0, 0.1) is 0 Å². The largest absolute Gasteiger partial charge is 0.368 e. The monoisotopic (exact) mass is 264 g/mol. The number of carbonyl (C=O) groups excluding carboxylic acids is 2. The van der Waals surface area contributed by atoms with Crippen molar-refractivity contribution in [3.05, 3.63) is 29.8 Å². The summed E-state index contributed by atoms with van der Waals surface area (Å²) >= 11 is 0. The second-order valence-electron chi connectivity index (χ2n) is 4.38. The molecule has 0 saturated carbocycles. The maximum Gasteiger partial charge on any atom is 0.322 e. The van der Waals surface area contributed by atoms with E-state index in [9.17, 15) is 9.59 Å². The highest BCUT2D eigenvalue weighted by molar-refractivity contribution is 5.91. The van der Waals surface area contributed by atoms with Crippen molar-refractivity contribution < 1.29 is 9.59 Å². The number of hydrogen-bond donors (Lipinski definition) is 3. The molecule has 0 radical (unpaired) electrons. The minimum Gasteiger partial charge on any atom is -0.368 e. The fourth-order valence-electron chi connectivity index (χ4n) is 1.55. The van der Waals surface area contributed by atoms with E-state index in [0.29, 0.717) is 5.69 Å². The van der Waals surface area contributed by atoms with Crippen LogP contribution in [0.5, 0.6) is 0 Å². The SMILES string of the molecule is CNC(C)c1ccc(NC(=O)N(C)CC(N)=O)cc1. The Hall–Kier alpha value is -2.08. The van der Waals surface area contributed by atoms with Crippen LogP contribution in [0.4, 0.5) is 10.5 Å². The van der Waals surface area contributed by atoms with Crippen molar-refractivity contribution >= 4 is 17.6 Å². The van der Waals surface area contributed by atoms with E-state index in [2.05, 4.69) is 10.6 Å². The lowest BCUT2D eigenvalue weighted by Gasteiger charge is -2.16. The molecule has 0 spiro atoms. The Labute approximate surface area is 113 Å². The molecule has 4 N–H and O–H groups in total. The number of benzene rings is 1. The van der Waals surface area contributed by atoms with Crippen LogP contribution >= 0.6 is 0 Å². The van der Waals surface area contributed by atoms with Crippen molar-refractivity contribution in [2.24, 2.45) is 5.73 Å². The molecule has 0 aliphatic rings. The highest BCUT2D eigenvalue weighted by Gasteiger charge is 2.11. The molecule has 0 aromatic heterocycles. The molecule has 0 bridgehead atoms. The van der Waals surface area contributed by atoms with Gasteiger partial charge in [-0.1, -0.05) is 12.1 Å². The first-order valence-electron chi connectivity index (χ1n) is 6.01. The number of likely N-dealkylation sites (N-methyl/N-ethyl adjacent to an activating group) is 1. The normalized spacial score (nSPS) is 11.7. The third-order valence-electron chi connectivity index (χ3n) is 2.83. The first-order chi connectivity index (χ1) is 8.93. The zero-order valence-corrected chi connectivity index (χ0v) is 11.4. The summed E-state index contributed by atoms with van der Waals surface area (Å²) < 4.78 is 0. The van der Waals surface area contributed by atoms with Crippen molar-refractivity contribution in [2.75, 3.05) is 26.0 Å². The number of amides is 3. The number of nitrogens with zero attached hydrogens (tertiary/aromatic N) is 1. The summed E-state index contributed by atoms with van der Waals surface area (Å²) in [5.41, 5.74) is 6.83. The van der Waals surface area contributed by atoms with Crippen LogP contribution in [-0.4, -0.2) is 37.5 Å². The molecule has 0 aliphatic heterocycles. The second-order valence-corrected chi connectivity index (χ2v) is 4.38. The predicted octanol–water partition coefficient (Wildman–Crippen LogP) is 0.916. The van der Waals surface area contributed by atoms with Crippen molar-refractivity contribution in [1.82, 2.24) is 10.2 Å². The Morgan fingerprint density at radius 2 is 1.89 bits per heavy atom. The zero-order valence-electron chi connectivity index (χ0n) is 11.4. The van der Waals surface area contributed by atoms with E-state index in [-0.39, 0.29) is 18.6 Å². The molecule has 1 aromatic carbocycles. The predicted molar refractivity (Wildman–Crippen MR) is 74.8 cm³/mol. The average molecular weight is 264 g/mol. The van der Waals surface area contributed by atoms with Crippen molar-refractivity contribution in [1.29, 1.82) is 0 Å². The number of urea groups is 1. The summed E-state index contributed by atoms with van der Waals surface area (Å²) in [6.45, 7) is 1.94. The van der Waals surface area contributed by atoms with Crippen LogP contribution in [0.2, 0.25) is 0 Å². The van der Waals surface area contributed by atoms with Crippen molar-refractivity contribution in [2.45, 2.75) is 13.0 Å². The van der Waals surface area contributed by atoms with Gasteiger partial charge in [-0.25, -0.2) is 4.79 Å². The van der Waals surface area contributed by atoms with E-state index >= 15 is 0 Å². The van der Waals surface area contributed by atoms with Gasteiger partial charge < -0.3 is 21.3 Å².